The summed E-state index contributed by atoms with van der Waals surface area (Å²) in [5.41, 5.74) is 2.85. The van der Waals surface area contributed by atoms with Crippen molar-refractivity contribution < 1.29 is 15.0 Å². The van der Waals surface area contributed by atoms with E-state index in [0.29, 0.717) is 11.3 Å². The first-order valence-corrected chi connectivity index (χ1v) is 8.17. The summed E-state index contributed by atoms with van der Waals surface area (Å²) in [6, 6.07) is 12.5. The monoisotopic (exact) mass is 326 g/mol. The van der Waals surface area contributed by atoms with Crippen LogP contribution < -0.4 is 10.2 Å². The van der Waals surface area contributed by atoms with E-state index in [1.807, 2.05) is 25.1 Å². The molecule has 5 nitrogen and oxygen atoms in total. The number of aliphatic hydroxyl groups is 1. The second-order valence-corrected chi connectivity index (χ2v) is 6.19. The molecule has 0 aromatic heterocycles. The van der Waals surface area contributed by atoms with E-state index >= 15 is 0 Å². The third-order valence-corrected chi connectivity index (χ3v) is 4.45. The number of amides is 1. The number of nitrogens with zero attached hydrogens (tertiary/aromatic N) is 1. The number of para-hydroxylation sites is 1. The summed E-state index contributed by atoms with van der Waals surface area (Å²) in [4.78, 5) is 14.6. The molecule has 0 atom stereocenters. The Bertz CT molecular complexity index is 700. The highest BCUT2D eigenvalue weighted by molar-refractivity contribution is 6.05. The number of phenols is 1. The molecule has 3 N–H and O–H groups in total. The molecular formula is C19H22N2O3. The molecule has 126 valence electrons. The van der Waals surface area contributed by atoms with Crippen LogP contribution in [-0.2, 0) is 0 Å². The number of rotatable bonds is 3. The van der Waals surface area contributed by atoms with Crippen LogP contribution in [0.15, 0.2) is 42.5 Å². The maximum atomic E-state index is 12.4. The minimum Gasteiger partial charge on any atom is -0.506 e. The minimum absolute atomic E-state index is 0.0619. The molecule has 5 heteroatoms. The van der Waals surface area contributed by atoms with Crippen molar-refractivity contribution >= 4 is 17.3 Å². The van der Waals surface area contributed by atoms with Gasteiger partial charge in [0.15, 0.2) is 0 Å². The highest BCUT2D eigenvalue weighted by Crippen LogP contribution is 2.27. The first kappa shape index (κ1) is 16.3. The Kier molecular flexibility index (Phi) is 4.71. The van der Waals surface area contributed by atoms with Crippen LogP contribution in [0.5, 0.6) is 5.75 Å². The van der Waals surface area contributed by atoms with E-state index in [1.165, 1.54) is 0 Å². The Hall–Kier alpha value is -2.53. The van der Waals surface area contributed by atoms with Gasteiger partial charge in [-0.2, -0.15) is 0 Å². The second kappa shape index (κ2) is 6.93. The number of anilines is 2. The summed E-state index contributed by atoms with van der Waals surface area (Å²) in [6.45, 7) is 3.48. The molecule has 0 saturated carbocycles. The highest BCUT2D eigenvalue weighted by atomic mass is 16.3. The molecule has 2 aromatic rings. The van der Waals surface area contributed by atoms with Gasteiger partial charge < -0.3 is 20.4 Å². The molecule has 1 fully saturated rings. The zero-order valence-electron chi connectivity index (χ0n) is 13.7. The molecule has 1 aliphatic rings. The predicted octanol–water partition coefficient (Wildman–Crippen LogP) is 2.91. The van der Waals surface area contributed by atoms with Crippen LogP contribution in [0, 0.1) is 6.92 Å². The Balaban J connectivity index is 1.70. The van der Waals surface area contributed by atoms with Crippen molar-refractivity contribution in [1.29, 1.82) is 0 Å². The summed E-state index contributed by atoms with van der Waals surface area (Å²) in [6.07, 6.45) is 1.34. The van der Waals surface area contributed by atoms with Crippen LogP contribution in [0.3, 0.4) is 0 Å². The molecule has 24 heavy (non-hydrogen) atoms. The molecule has 0 aliphatic carbocycles. The van der Waals surface area contributed by atoms with Crippen molar-refractivity contribution in [2.45, 2.75) is 25.9 Å². The van der Waals surface area contributed by atoms with Crippen molar-refractivity contribution in [3.05, 3.63) is 53.6 Å². The minimum atomic E-state index is -0.250. The van der Waals surface area contributed by atoms with Crippen molar-refractivity contribution in [3.8, 4) is 5.75 Å². The number of aliphatic hydroxyl groups excluding tert-OH is 1. The zero-order chi connectivity index (χ0) is 17.1. The van der Waals surface area contributed by atoms with E-state index in [4.69, 9.17) is 0 Å². The SMILES string of the molecule is Cc1cccc(O)c1NC(=O)c1ccc(N2CCC(O)CC2)cc1. The fourth-order valence-corrected chi connectivity index (χ4v) is 2.95. The number of aryl methyl sites for hydroxylation is 1. The number of hydrogen-bond donors (Lipinski definition) is 3. The Morgan fingerprint density at radius 2 is 1.79 bits per heavy atom. The molecule has 0 bridgehead atoms. The van der Waals surface area contributed by atoms with E-state index in [9.17, 15) is 15.0 Å². The first-order valence-electron chi connectivity index (χ1n) is 8.17. The normalized spacial score (nSPS) is 15.3. The van der Waals surface area contributed by atoms with Gasteiger partial charge in [0.25, 0.3) is 5.91 Å². The molecule has 0 unspecified atom stereocenters. The molecule has 3 rings (SSSR count). The van der Waals surface area contributed by atoms with E-state index in [1.54, 1.807) is 24.3 Å². The standard InChI is InChI=1S/C19H22N2O3/c1-13-3-2-4-17(23)18(13)20-19(24)14-5-7-15(8-6-14)21-11-9-16(22)10-12-21/h2-8,16,22-23H,9-12H2,1H3,(H,20,24). The lowest BCUT2D eigenvalue weighted by atomic mass is 10.1. The van der Waals surface area contributed by atoms with E-state index in [0.717, 1.165) is 37.2 Å². The van der Waals surface area contributed by atoms with E-state index < -0.39 is 0 Å². The number of carbonyl (C=O) groups excluding carboxylic acids is 1. The molecule has 1 saturated heterocycles. The summed E-state index contributed by atoms with van der Waals surface area (Å²) in [5, 5.41) is 22.2. The van der Waals surface area contributed by atoms with Gasteiger partial charge in [-0.05, 0) is 55.7 Å². The molecule has 1 amide bonds. The van der Waals surface area contributed by atoms with Gasteiger partial charge in [0, 0.05) is 24.3 Å². The lowest BCUT2D eigenvalue weighted by molar-refractivity contribution is 0.102. The van der Waals surface area contributed by atoms with Gasteiger partial charge in [0.1, 0.15) is 5.75 Å². The van der Waals surface area contributed by atoms with Crippen LogP contribution in [0.25, 0.3) is 0 Å². The quantitative estimate of drug-likeness (QED) is 0.758. The van der Waals surface area contributed by atoms with Gasteiger partial charge in [0.05, 0.1) is 11.8 Å². The number of hydrogen-bond acceptors (Lipinski definition) is 4. The van der Waals surface area contributed by atoms with Gasteiger partial charge in [-0.1, -0.05) is 12.1 Å². The highest BCUT2D eigenvalue weighted by Gasteiger charge is 2.17. The topological polar surface area (TPSA) is 72.8 Å². The van der Waals surface area contributed by atoms with Crippen LogP contribution in [-0.4, -0.2) is 35.3 Å². The van der Waals surface area contributed by atoms with Crippen LogP contribution in [0.1, 0.15) is 28.8 Å². The maximum Gasteiger partial charge on any atom is 0.255 e. The maximum absolute atomic E-state index is 12.4. The lowest BCUT2D eigenvalue weighted by Crippen LogP contribution is -2.35. The summed E-state index contributed by atoms with van der Waals surface area (Å²) in [7, 11) is 0. The second-order valence-electron chi connectivity index (χ2n) is 6.19. The number of carbonyl (C=O) groups is 1. The van der Waals surface area contributed by atoms with E-state index in [-0.39, 0.29) is 17.8 Å². The molecule has 2 aromatic carbocycles. The first-order chi connectivity index (χ1) is 11.5. The molecule has 1 heterocycles. The van der Waals surface area contributed by atoms with Gasteiger partial charge in [-0.25, -0.2) is 0 Å². The predicted molar refractivity (Wildman–Crippen MR) is 94.7 cm³/mol. The molecule has 0 radical (unpaired) electrons. The molecular weight excluding hydrogens is 304 g/mol. The van der Waals surface area contributed by atoms with Crippen LogP contribution in [0.2, 0.25) is 0 Å². The van der Waals surface area contributed by atoms with Crippen LogP contribution in [0.4, 0.5) is 11.4 Å². The van der Waals surface area contributed by atoms with Gasteiger partial charge >= 0.3 is 0 Å². The lowest BCUT2D eigenvalue weighted by Gasteiger charge is -2.31. The Morgan fingerprint density at radius 1 is 1.12 bits per heavy atom. The summed E-state index contributed by atoms with van der Waals surface area (Å²) in [5.74, 6) is -0.188. The van der Waals surface area contributed by atoms with Crippen molar-refractivity contribution in [3.63, 3.8) is 0 Å². The average Bonchev–Trinajstić information content (AvgIpc) is 2.59. The Morgan fingerprint density at radius 3 is 2.42 bits per heavy atom. The third kappa shape index (κ3) is 3.51. The van der Waals surface area contributed by atoms with Crippen molar-refractivity contribution in [2.24, 2.45) is 0 Å². The zero-order valence-corrected chi connectivity index (χ0v) is 13.7. The third-order valence-electron chi connectivity index (χ3n) is 4.45. The fraction of sp³-hybridized carbons (Fsp3) is 0.316. The number of aromatic hydroxyl groups is 1. The number of piperidine rings is 1. The van der Waals surface area contributed by atoms with E-state index in [2.05, 4.69) is 10.2 Å². The smallest absolute Gasteiger partial charge is 0.255 e. The summed E-state index contributed by atoms with van der Waals surface area (Å²) >= 11 is 0. The average molecular weight is 326 g/mol. The number of benzene rings is 2. The van der Waals surface area contributed by atoms with Gasteiger partial charge in [-0.15, -0.1) is 0 Å². The fourth-order valence-electron chi connectivity index (χ4n) is 2.95. The largest absolute Gasteiger partial charge is 0.506 e. The van der Waals surface area contributed by atoms with Crippen molar-refractivity contribution in [1.82, 2.24) is 0 Å². The van der Waals surface area contributed by atoms with Crippen LogP contribution >= 0.6 is 0 Å². The van der Waals surface area contributed by atoms with Gasteiger partial charge in [-0.3, -0.25) is 4.79 Å². The number of phenolic OH excluding ortho intramolecular Hbond substituents is 1. The molecule has 0 spiro atoms. The number of nitrogens with one attached hydrogen (secondary N) is 1. The Labute approximate surface area is 141 Å². The summed E-state index contributed by atoms with van der Waals surface area (Å²) < 4.78 is 0. The van der Waals surface area contributed by atoms with Gasteiger partial charge in [0.2, 0.25) is 0 Å². The molecule has 1 aliphatic heterocycles. The van der Waals surface area contributed by atoms with Crippen molar-refractivity contribution in [2.75, 3.05) is 23.3 Å².